The number of aryl methyl sites for hydroxylation is 1. The number of pyridine rings is 1. The van der Waals surface area contributed by atoms with E-state index in [1.54, 1.807) is 31.5 Å². The lowest BCUT2D eigenvalue weighted by molar-refractivity contribution is -0.117. The van der Waals surface area contributed by atoms with Gasteiger partial charge in [-0.2, -0.15) is 0 Å². The van der Waals surface area contributed by atoms with Crippen molar-refractivity contribution in [3.05, 3.63) is 75.9 Å². The molecule has 0 bridgehead atoms. The normalized spacial score (nSPS) is 19.4. The van der Waals surface area contributed by atoms with Crippen LogP contribution in [0.3, 0.4) is 0 Å². The van der Waals surface area contributed by atoms with E-state index in [0.29, 0.717) is 46.2 Å². The summed E-state index contributed by atoms with van der Waals surface area (Å²) in [6, 6.07) is 10.9. The van der Waals surface area contributed by atoms with Crippen molar-refractivity contribution in [2.24, 2.45) is 5.92 Å². The largest absolute Gasteiger partial charge is 0.489 e. The molecule has 0 saturated heterocycles. The van der Waals surface area contributed by atoms with E-state index < -0.39 is 5.41 Å². The molecule has 1 aromatic carbocycles. The van der Waals surface area contributed by atoms with Gasteiger partial charge in [-0.15, -0.1) is 0 Å². The molecule has 1 fully saturated rings. The molecule has 0 spiro atoms. The Kier molecular flexibility index (Phi) is 6.60. The van der Waals surface area contributed by atoms with Gasteiger partial charge in [0, 0.05) is 23.7 Å². The molecule has 1 amide bonds. The van der Waals surface area contributed by atoms with Gasteiger partial charge in [0.05, 0.1) is 30.4 Å². The number of ether oxygens (including phenoxy) is 2. The topological polar surface area (TPSA) is 86.2 Å². The minimum atomic E-state index is -0.531. The third-order valence-corrected chi connectivity index (χ3v) is 5.94. The van der Waals surface area contributed by atoms with Gasteiger partial charge in [-0.05, 0) is 43.2 Å². The van der Waals surface area contributed by atoms with E-state index in [-0.39, 0.29) is 18.4 Å². The Bertz CT molecular complexity index is 1130. The predicted octanol–water partition coefficient (Wildman–Crippen LogP) is 4.61. The Balaban J connectivity index is 1.57. The van der Waals surface area contributed by atoms with Crippen molar-refractivity contribution < 1.29 is 14.3 Å². The highest BCUT2D eigenvalue weighted by molar-refractivity contribution is 6.30. The quantitative estimate of drug-likeness (QED) is 0.515. The van der Waals surface area contributed by atoms with Crippen molar-refractivity contribution in [1.82, 2.24) is 15.0 Å². The van der Waals surface area contributed by atoms with E-state index in [2.05, 4.69) is 20.3 Å². The number of amides is 1. The van der Waals surface area contributed by atoms with E-state index in [1.807, 2.05) is 25.1 Å². The number of halogens is 2. The number of carbonyl (C=O) groups excluding carboxylic acids is 1. The van der Waals surface area contributed by atoms with Crippen molar-refractivity contribution in [1.29, 1.82) is 0 Å². The molecule has 4 rings (SSSR count). The number of benzene rings is 1. The molecule has 0 radical (unpaired) electrons. The highest BCUT2D eigenvalue weighted by Gasteiger charge is 2.60. The Morgan fingerprint density at radius 3 is 2.75 bits per heavy atom. The maximum absolute atomic E-state index is 13.0. The zero-order valence-corrected chi connectivity index (χ0v) is 19.2. The van der Waals surface area contributed by atoms with Gasteiger partial charge in [0.15, 0.2) is 5.75 Å². The van der Waals surface area contributed by atoms with Crippen LogP contribution in [0.25, 0.3) is 0 Å². The minimum absolute atomic E-state index is 0.138. The number of hydrogen-bond donors (Lipinski definition) is 1. The summed E-state index contributed by atoms with van der Waals surface area (Å²) in [6.45, 7) is 2.38. The highest BCUT2D eigenvalue weighted by atomic mass is 35.5. The average molecular weight is 473 g/mol. The fourth-order valence-electron chi connectivity index (χ4n) is 3.75. The van der Waals surface area contributed by atoms with Crippen LogP contribution in [0, 0.1) is 12.8 Å². The van der Waals surface area contributed by atoms with E-state index in [0.717, 1.165) is 5.56 Å². The summed E-state index contributed by atoms with van der Waals surface area (Å²) >= 11 is 12.1. The van der Waals surface area contributed by atoms with Crippen molar-refractivity contribution in [2.45, 2.75) is 25.4 Å². The zero-order chi connectivity index (χ0) is 22.7. The molecular formula is C23H22Cl2N4O3. The first kappa shape index (κ1) is 22.5. The molecule has 166 valence electrons. The molecule has 1 N–H and O–H groups in total. The third-order valence-electron chi connectivity index (χ3n) is 5.49. The van der Waals surface area contributed by atoms with Gasteiger partial charge >= 0.3 is 0 Å². The first-order valence-corrected chi connectivity index (χ1v) is 10.8. The summed E-state index contributed by atoms with van der Waals surface area (Å²) < 4.78 is 11.4. The molecule has 9 heteroatoms. The van der Waals surface area contributed by atoms with Crippen LogP contribution in [0.1, 0.15) is 23.5 Å². The zero-order valence-electron chi connectivity index (χ0n) is 17.6. The third kappa shape index (κ3) is 4.85. The van der Waals surface area contributed by atoms with E-state index >= 15 is 0 Å². The fourth-order valence-corrected chi connectivity index (χ4v) is 4.05. The second kappa shape index (κ2) is 9.40. The number of nitrogens with one attached hydrogen (secondary N) is 1. The van der Waals surface area contributed by atoms with Gasteiger partial charge in [-0.1, -0.05) is 35.3 Å². The lowest BCUT2D eigenvalue weighted by Crippen LogP contribution is -2.27. The van der Waals surface area contributed by atoms with Gasteiger partial charge in [-0.25, -0.2) is 15.0 Å². The Hall–Kier alpha value is -2.74. The number of carbonyl (C=O) groups is 1. The van der Waals surface area contributed by atoms with E-state index in [4.69, 9.17) is 32.7 Å². The predicted molar refractivity (Wildman–Crippen MR) is 122 cm³/mol. The van der Waals surface area contributed by atoms with Crippen LogP contribution in [0.15, 0.2) is 48.8 Å². The summed E-state index contributed by atoms with van der Waals surface area (Å²) in [6.07, 6.45) is 3.74. The minimum Gasteiger partial charge on any atom is -0.489 e. The van der Waals surface area contributed by atoms with Crippen LogP contribution < -0.4 is 10.1 Å². The van der Waals surface area contributed by atoms with Gasteiger partial charge in [-0.3, -0.25) is 4.79 Å². The molecule has 1 aliphatic carbocycles. The van der Waals surface area contributed by atoms with Crippen molar-refractivity contribution in [3.63, 3.8) is 0 Å². The highest BCUT2D eigenvalue weighted by Crippen LogP contribution is 2.55. The van der Waals surface area contributed by atoms with Gasteiger partial charge in [0.25, 0.3) is 0 Å². The number of aromatic nitrogens is 3. The van der Waals surface area contributed by atoms with Crippen LogP contribution >= 0.6 is 23.2 Å². The number of anilines is 1. The number of hydrogen-bond acceptors (Lipinski definition) is 6. The first-order valence-electron chi connectivity index (χ1n) is 10.0. The van der Waals surface area contributed by atoms with Crippen LogP contribution in [0.2, 0.25) is 10.0 Å². The SMILES string of the molecule is COCc1nc(C)ncc1OCC1(c2cccc(Cl)c2)CC1C(=O)Nc1ccc(Cl)cn1. The molecular weight excluding hydrogens is 451 g/mol. The van der Waals surface area contributed by atoms with Crippen LogP contribution in [-0.2, 0) is 21.6 Å². The molecule has 32 heavy (non-hydrogen) atoms. The second-order valence-corrected chi connectivity index (χ2v) is 8.60. The lowest BCUT2D eigenvalue weighted by Gasteiger charge is -2.20. The average Bonchev–Trinajstić information content (AvgIpc) is 3.51. The van der Waals surface area contributed by atoms with Gasteiger partial charge < -0.3 is 14.8 Å². The van der Waals surface area contributed by atoms with Crippen LogP contribution in [-0.4, -0.2) is 34.6 Å². The maximum atomic E-state index is 13.0. The maximum Gasteiger partial charge on any atom is 0.229 e. The molecule has 1 saturated carbocycles. The summed E-state index contributed by atoms with van der Waals surface area (Å²) in [5.41, 5.74) is 1.07. The van der Waals surface area contributed by atoms with Gasteiger partial charge in [0.1, 0.15) is 17.3 Å². The second-order valence-electron chi connectivity index (χ2n) is 7.72. The summed E-state index contributed by atoms with van der Waals surface area (Å²) in [4.78, 5) is 25.8. The molecule has 2 heterocycles. The molecule has 0 aliphatic heterocycles. The number of nitrogens with zero attached hydrogens (tertiary/aromatic N) is 3. The molecule has 2 atom stereocenters. The van der Waals surface area contributed by atoms with E-state index in [1.165, 1.54) is 6.20 Å². The Morgan fingerprint density at radius 1 is 1.19 bits per heavy atom. The van der Waals surface area contributed by atoms with Crippen LogP contribution in [0.5, 0.6) is 5.75 Å². The summed E-state index contributed by atoms with van der Waals surface area (Å²) in [5, 5.41) is 3.97. The Labute approximate surface area is 196 Å². The number of rotatable bonds is 8. The lowest BCUT2D eigenvalue weighted by atomic mass is 9.93. The molecule has 2 aromatic heterocycles. The Morgan fingerprint density at radius 2 is 2.03 bits per heavy atom. The van der Waals surface area contributed by atoms with Crippen molar-refractivity contribution >= 4 is 34.9 Å². The molecule has 2 unspecified atom stereocenters. The monoisotopic (exact) mass is 472 g/mol. The summed E-state index contributed by atoms with van der Waals surface area (Å²) in [7, 11) is 1.60. The number of methoxy groups -OCH3 is 1. The fraction of sp³-hybridized carbons (Fsp3) is 0.304. The van der Waals surface area contributed by atoms with Gasteiger partial charge in [0.2, 0.25) is 5.91 Å². The summed E-state index contributed by atoms with van der Waals surface area (Å²) in [5.74, 6) is 1.16. The standard InChI is InChI=1S/C23H22Cl2N4O3/c1-14-26-11-20(19(28-14)12-31-2)32-13-23(15-4-3-5-16(24)8-15)9-18(23)22(30)29-21-7-6-17(25)10-27-21/h3-8,10-11,18H,9,12-13H2,1-2H3,(H,27,29,30). The molecule has 1 aliphatic rings. The van der Waals surface area contributed by atoms with Crippen molar-refractivity contribution in [3.8, 4) is 5.75 Å². The smallest absolute Gasteiger partial charge is 0.229 e. The molecule has 3 aromatic rings. The van der Waals surface area contributed by atoms with Crippen LogP contribution in [0.4, 0.5) is 5.82 Å². The molecule has 7 nitrogen and oxygen atoms in total. The first-order chi connectivity index (χ1) is 15.4. The van der Waals surface area contributed by atoms with E-state index in [9.17, 15) is 4.79 Å². The van der Waals surface area contributed by atoms with Crippen molar-refractivity contribution in [2.75, 3.05) is 19.0 Å².